The molecule has 0 unspecified atom stereocenters. The van der Waals surface area contributed by atoms with Crippen molar-refractivity contribution in [3.63, 3.8) is 0 Å². The fourth-order valence-corrected chi connectivity index (χ4v) is 2.68. The molecule has 8 heteroatoms. The third kappa shape index (κ3) is 3.37. The fourth-order valence-electron chi connectivity index (χ4n) is 2.68. The first-order valence-electron chi connectivity index (χ1n) is 7.38. The highest BCUT2D eigenvalue weighted by Crippen LogP contribution is 2.18. The van der Waals surface area contributed by atoms with E-state index in [1.807, 2.05) is 18.2 Å². The lowest BCUT2D eigenvalue weighted by Crippen LogP contribution is -2.48. The summed E-state index contributed by atoms with van der Waals surface area (Å²) in [6.45, 7) is 3.40. The summed E-state index contributed by atoms with van der Waals surface area (Å²) >= 11 is 0. The Hall–Kier alpha value is -2.74. The Morgan fingerprint density at radius 2 is 1.91 bits per heavy atom. The summed E-state index contributed by atoms with van der Waals surface area (Å²) < 4.78 is 0. The lowest BCUT2D eigenvalue weighted by molar-refractivity contribution is -0.385. The van der Waals surface area contributed by atoms with Gasteiger partial charge in [-0.1, -0.05) is 30.3 Å². The number of H-pyrrole nitrogens is 1. The summed E-state index contributed by atoms with van der Waals surface area (Å²) in [4.78, 5) is 26.6. The Morgan fingerprint density at radius 3 is 2.57 bits per heavy atom. The van der Waals surface area contributed by atoms with E-state index in [4.69, 9.17) is 0 Å². The molecule has 2 aromatic rings. The van der Waals surface area contributed by atoms with Gasteiger partial charge in [0.25, 0.3) is 5.91 Å². The molecule has 23 heavy (non-hydrogen) atoms. The van der Waals surface area contributed by atoms with Gasteiger partial charge in [0.2, 0.25) is 5.69 Å². The van der Waals surface area contributed by atoms with Crippen LogP contribution in [0.1, 0.15) is 16.1 Å². The summed E-state index contributed by atoms with van der Waals surface area (Å²) in [5, 5.41) is 16.9. The highest BCUT2D eigenvalue weighted by atomic mass is 16.6. The molecule has 1 aromatic heterocycles. The van der Waals surface area contributed by atoms with Crippen LogP contribution in [0, 0.1) is 10.1 Å². The van der Waals surface area contributed by atoms with Gasteiger partial charge in [0, 0.05) is 32.7 Å². The van der Waals surface area contributed by atoms with E-state index in [2.05, 4.69) is 27.2 Å². The van der Waals surface area contributed by atoms with Gasteiger partial charge in [0.15, 0.2) is 0 Å². The standard InChI is InChI=1S/C15H17N5O3/c21-15(14-13(20(22)23)10-16-17-14)19-8-6-18(7-9-19)11-12-4-2-1-3-5-12/h1-5,10H,6-9,11H2,(H,16,17). The topological polar surface area (TPSA) is 95.4 Å². The van der Waals surface area contributed by atoms with Crippen molar-refractivity contribution >= 4 is 11.6 Å². The zero-order valence-electron chi connectivity index (χ0n) is 12.5. The number of hydrogen-bond donors (Lipinski definition) is 1. The summed E-state index contributed by atoms with van der Waals surface area (Å²) in [5.41, 5.74) is 0.907. The van der Waals surface area contributed by atoms with E-state index in [1.54, 1.807) is 4.90 Å². The maximum atomic E-state index is 12.4. The summed E-state index contributed by atoms with van der Waals surface area (Å²) in [5.74, 6) is -0.367. The molecule has 2 heterocycles. The van der Waals surface area contributed by atoms with Crippen molar-refractivity contribution in [2.75, 3.05) is 26.2 Å². The molecule has 0 atom stereocenters. The molecule has 1 N–H and O–H groups in total. The van der Waals surface area contributed by atoms with Crippen LogP contribution < -0.4 is 0 Å². The monoisotopic (exact) mass is 315 g/mol. The number of amides is 1. The Kier molecular flexibility index (Phi) is 4.33. The maximum Gasteiger partial charge on any atom is 0.319 e. The number of nitro groups is 1. The average molecular weight is 315 g/mol. The Morgan fingerprint density at radius 1 is 1.22 bits per heavy atom. The molecular weight excluding hydrogens is 298 g/mol. The highest BCUT2D eigenvalue weighted by Gasteiger charge is 2.29. The van der Waals surface area contributed by atoms with Crippen LogP contribution in [0.5, 0.6) is 0 Å². The number of hydrogen-bond acceptors (Lipinski definition) is 5. The van der Waals surface area contributed by atoms with Crippen LogP contribution in [0.4, 0.5) is 5.69 Å². The molecule has 8 nitrogen and oxygen atoms in total. The number of carbonyl (C=O) groups is 1. The quantitative estimate of drug-likeness (QED) is 0.677. The Bertz CT molecular complexity index is 692. The number of aromatic nitrogens is 2. The number of nitrogens with one attached hydrogen (secondary N) is 1. The minimum atomic E-state index is -0.595. The van der Waals surface area contributed by atoms with Crippen molar-refractivity contribution < 1.29 is 9.72 Å². The van der Waals surface area contributed by atoms with E-state index < -0.39 is 4.92 Å². The van der Waals surface area contributed by atoms with Crippen molar-refractivity contribution in [2.24, 2.45) is 0 Å². The first kappa shape index (κ1) is 15.2. The van der Waals surface area contributed by atoms with Gasteiger partial charge in [-0.2, -0.15) is 5.10 Å². The van der Waals surface area contributed by atoms with Gasteiger partial charge in [-0.25, -0.2) is 0 Å². The minimum absolute atomic E-state index is 0.0495. The largest absolute Gasteiger partial charge is 0.335 e. The second kappa shape index (κ2) is 6.57. The molecular formula is C15H17N5O3. The predicted octanol–water partition coefficient (Wildman–Crippen LogP) is 1.28. The second-order valence-corrected chi connectivity index (χ2v) is 5.44. The van der Waals surface area contributed by atoms with Crippen molar-refractivity contribution in [3.05, 3.63) is 57.9 Å². The van der Waals surface area contributed by atoms with Crippen LogP contribution >= 0.6 is 0 Å². The molecule has 0 saturated carbocycles. The van der Waals surface area contributed by atoms with E-state index >= 15 is 0 Å². The van der Waals surface area contributed by atoms with Gasteiger partial charge in [-0.3, -0.25) is 24.9 Å². The van der Waals surface area contributed by atoms with Crippen LogP contribution in [0.25, 0.3) is 0 Å². The SMILES string of the molecule is O=C(c1[nH]ncc1[N+](=O)[O-])N1CCN(Cc2ccccc2)CC1. The normalized spacial score (nSPS) is 15.6. The van der Waals surface area contributed by atoms with Gasteiger partial charge in [0.1, 0.15) is 6.20 Å². The molecule has 3 rings (SSSR count). The molecule has 1 aliphatic heterocycles. The third-order valence-electron chi connectivity index (χ3n) is 3.94. The number of nitrogens with zero attached hydrogens (tertiary/aromatic N) is 4. The highest BCUT2D eigenvalue weighted by molar-refractivity contribution is 5.96. The smallest absolute Gasteiger partial charge is 0.319 e. The number of aromatic amines is 1. The van der Waals surface area contributed by atoms with Crippen LogP contribution in [0.15, 0.2) is 36.5 Å². The summed E-state index contributed by atoms with van der Waals surface area (Å²) in [7, 11) is 0. The lowest BCUT2D eigenvalue weighted by Gasteiger charge is -2.34. The molecule has 1 saturated heterocycles. The lowest BCUT2D eigenvalue weighted by atomic mass is 10.2. The number of carbonyl (C=O) groups excluding carboxylic acids is 1. The minimum Gasteiger partial charge on any atom is -0.335 e. The van der Waals surface area contributed by atoms with Gasteiger partial charge in [-0.05, 0) is 5.56 Å². The van der Waals surface area contributed by atoms with Crippen LogP contribution in [-0.2, 0) is 6.54 Å². The first-order chi connectivity index (χ1) is 11.1. The van der Waals surface area contributed by atoms with Gasteiger partial charge in [-0.15, -0.1) is 0 Å². The van der Waals surface area contributed by atoms with E-state index in [0.717, 1.165) is 25.8 Å². The van der Waals surface area contributed by atoms with E-state index in [-0.39, 0.29) is 17.3 Å². The fraction of sp³-hybridized carbons (Fsp3) is 0.333. The number of benzene rings is 1. The van der Waals surface area contributed by atoms with Crippen molar-refractivity contribution in [1.29, 1.82) is 0 Å². The zero-order valence-corrected chi connectivity index (χ0v) is 12.5. The van der Waals surface area contributed by atoms with E-state index in [0.29, 0.717) is 13.1 Å². The Labute approximate surface area is 132 Å². The van der Waals surface area contributed by atoms with E-state index in [9.17, 15) is 14.9 Å². The molecule has 1 fully saturated rings. The molecule has 0 aliphatic carbocycles. The van der Waals surface area contributed by atoms with Crippen LogP contribution in [0.3, 0.4) is 0 Å². The van der Waals surface area contributed by atoms with Crippen molar-refractivity contribution in [1.82, 2.24) is 20.0 Å². The van der Waals surface area contributed by atoms with Gasteiger partial charge >= 0.3 is 5.69 Å². The first-order valence-corrected chi connectivity index (χ1v) is 7.38. The van der Waals surface area contributed by atoms with Crippen molar-refractivity contribution in [2.45, 2.75) is 6.54 Å². The molecule has 1 amide bonds. The third-order valence-corrected chi connectivity index (χ3v) is 3.94. The molecule has 0 bridgehead atoms. The predicted molar refractivity (Wildman–Crippen MR) is 82.9 cm³/mol. The zero-order chi connectivity index (χ0) is 16.2. The van der Waals surface area contributed by atoms with E-state index in [1.165, 1.54) is 5.56 Å². The Balaban J connectivity index is 1.59. The average Bonchev–Trinajstić information content (AvgIpc) is 3.06. The molecule has 120 valence electrons. The summed E-state index contributed by atoms with van der Waals surface area (Å²) in [6.07, 6.45) is 1.07. The second-order valence-electron chi connectivity index (χ2n) is 5.44. The molecule has 1 aromatic carbocycles. The van der Waals surface area contributed by atoms with Crippen molar-refractivity contribution in [3.8, 4) is 0 Å². The number of rotatable bonds is 4. The summed E-state index contributed by atoms with van der Waals surface area (Å²) in [6, 6.07) is 10.1. The van der Waals surface area contributed by atoms with Crippen LogP contribution in [-0.4, -0.2) is 57.0 Å². The maximum absolute atomic E-state index is 12.4. The molecule has 0 radical (unpaired) electrons. The van der Waals surface area contributed by atoms with Gasteiger partial charge in [0.05, 0.1) is 4.92 Å². The van der Waals surface area contributed by atoms with Crippen LogP contribution in [0.2, 0.25) is 0 Å². The molecule has 1 aliphatic rings. The molecule has 0 spiro atoms. The van der Waals surface area contributed by atoms with Gasteiger partial charge < -0.3 is 4.90 Å². The number of piperazine rings is 1.